The zero-order chi connectivity index (χ0) is 13.0. The van der Waals surface area contributed by atoms with E-state index in [-0.39, 0.29) is 5.75 Å². The molecule has 2 rings (SSSR count). The molecule has 0 aliphatic rings. The minimum absolute atomic E-state index is 0.138. The normalized spacial score (nSPS) is 10.4. The summed E-state index contributed by atoms with van der Waals surface area (Å²) in [6, 6.07) is 10.3. The average Bonchev–Trinajstić information content (AvgIpc) is 2.31. The standard InChI is InChI=1S/C14H13F2NO/c15-11-7-12(16)9-14(8-11)18-13-3-1-10(2-4-13)5-6-17/h1-4,7-9H,5-6,17H2. The SMILES string of the molecule is NCCc1ccc(Oc2cc(F)cc(F)c2)cc1. The number of rotatable bonds is 4. The summed E-state index contributed by atoms with van der Waals surface area (Å²) in [6.45, 7) is 0.579. The minimum Gasteiger partial charge on any atom is -0.457 e. The van der Waals surface area contributed by atoms with Crippen molar-refractivity contribution < 1.29 is 13.5 Å². The monoisotopic (exact) mass is 249 g/mol. The third-order valence-electron chi connectivity index (χ3n) is 2.43. The lowest BCUT2D eigenvalue weighted by Crippen LogP contribution is -2.02. The highest BCUT2D eigenvalue weighted by Gasteiger charge is 2.03. The van der Waals surface area contributed by atoms with Gasteiger partial charge in [0.05, 0.1) is 0 Å². The molecular weight excluding hydrogens is 236 g/mol. The summed E-state index contributed by atoms with van der Waals surface area (Å²) in [5.41, 5.74) is 6.53. The van der Waals surface area contributed by atoms with Crippen LogP contribution in [0.2, 0.25) is 0 Å². The summed E-state index contributed by atoms with van der Waals surface area (Å²) in [5.74, 6) is -0.658. The summed E-state index contributed by atoms with van der Waals surface area (Å²) >= 11 is 0. The molecule has 0 aliphatic heterocycles. The Morgan fingerprint density at radius 3 is 2.06 bits per heavy atom. The first kappa shape index (κ1) is 12.5. The van der Waals surface area contributed by atoms with Crippen LogP contribution in [-0.4, -0.2) is 6.54 Å². The Bertz CT molecular complexity index is 506. The fourth-order valence-electron chi connectivity index (χ4n) is 1.61. The average molecular weight is 249 g/mol. The van der Waals surface area contributed by atoms with Crippen molar-refractivity contribution in [2.24, 2.45) is 5.73 Å². The van der Waals surface area contributed by atoms with Crippen molar-refractivity contribution in [3.8, 4) is 11.5 Å². The molecule has 0 amide bonds. The predicted molar refractivity (Wildman–Crippen MR) is 65.6 cm³/mol. The van der Waals surface area contributed by atoms with Crippen LogP contribution >= 0.6 is 0 Å². The first-order valence-corrected chi connectivity index (χ1v) is 5.60. The molecule has 0 saturated carbocycles. The van der Waals surface area contributed by atoms with Crippen molar-refractivity contribution in [2.45, 2.75) is 6.42 Å². The number of hydrogen-bond acceptors (Lipinski definition) is 2. The summed E-state index contributed by atoms with van der Waals surface area (Å²) in [4.78, 5) is 0. The highest BCUT2D eigenvalue weighted by Crippen LogP contribution is 2.23. The summed E-state index contributed by atoms with van der Waals surface area (Å²) in [7, 11) is 0. The Balaban J connectivity index is 2.13. The molecule has 0 aliphatic carbocycles. The fraction of sp³-hybridized carbons (Fsp3) is 0.143. The summed E-state index contributed by atoms with van der Waals surface area (Å²) in [6.07, 6.45) is 0.787. The van der Waals surface area contributed by atoms with Gasteiger partial charge in [-0.25, -0.2) is 8.78 Å². The molecule has 0 atom stereocenters. The van der Waals surface area contributed by atoms with Crippen LogP contribution in [0.1, 0.15) is 5.56 Å². The number of nitrogens with two attached hydrogens (primary N) is 1. The van der Waals surface area contributed by atoms with Crippen LogP contribution < -0.4 is 10.5 Å². The first-order chi connectivity index (χ1) is 8.67. The zero-order valence-electron chi connectivity index (χ0n) is 9.70. The van der Waals surface area contributed by atoms with Gasteiger partial charge >= 0.3 is 0 Å². The zero-order valence-corrected chi connectivity index (χ0v) is 9.70. The van der Waals surface area contributed by atoms with Gasteiger partial charge in [-0.1, -0.05) is 12.1 Å². The number of halogens is 2. The fourth-order valence-corrected chi connectivity index (χ4v) is 1.61. The van der Waals surface area contributed by atoms with E-state index in [1.54, 1.807) is 12.1 Å². The van der Waals surface area contributed by atoms with Crippen molar-refractivity contribution in [1.82, 2.24) is 0 Å². The van der Waals surface area contributed by atoms with Gasteiger partial charge in [0, 0.05) is 18.2 Å². The van der Waals surface area contributed by atoms with Gasteiger partial charge in [0.2, 0.25) is 0 Å². The van der Waals surface area contributed by atoms with Crippen LogP contribution in [0, 0.1) is 11.6 Å². The Morgan fingerprint density at radius 2 is 1.50 bits per heavy atom. The molecule has 18 heavy (non-hydrogen) atoms. The topological polar surface area (TPSA) is 35.2 Å². The van der Waals surface area contributed by atoms with Gasteiger partial charge in [-0.3, -0.25) is 0 Å². The Kier molecular flexibility index (Phi) is 3.89. The van der Waals surface area contributed by atoms with Crippen LogP contribution in [0.3, 0.4) is 0 Å². The van der Waals surface area contributed by atoms with Crippen molar-refractivity contribution in [3.63, 3.8) is 0 Å². The lowest BCUT2D eigenvalue weighted by Gasteiger charge is -2.07. The second-order valence-corrected chi connectivity index (χ2v) is 3.89. The molecule has 0 saturated heterocycles. The van der Waals surface area contributed by atoms with Crippen LogP contribution in [0.5, 0.6) is 11.5 Å². The predicted octanol–water partition coefficient (Wildman–Crippen LogP) is 3.26. The van der Waals surface area contributed by atoms with Crippen molar-refractivity contribution in [2.75, 3.05) is 6.54 Å². The Hall–Kier alpha value is -1.94. The van der Waals surface area contributed by atoms with E-state index < -0.39 is 11.6 Å². The maximum Gasteiger partial charge on any atom is 0.133 e. The second-order valence-electron chi connectivity index (χ2n) is 3.89. The summed E-state index contributed by atoms with van der Waals surface area (Å²) < 4.78 is 31.3. The molecule has 2 nitrogen and oxygen atoms in total. The molecule has 0 fully saturated rings. The quantitative estimate of drug-likeness (QED) is 0.902. The third kappa shape index (κ3) is 3.28. The molecule has 0 aromatic heterocycles. The number of hydrogen-bond donors (Lipinski definition) is 1. The van der Waals surface area contributed by atoms with E-state index in [1.807, 2.05) is 12.1 Å². The molecule has 0 radical (unpaired) electrons. The lowest BCUT2D eigenvalue weighted by molar-refractivity contribution is 0.468. The van der Waals surface area contributed by atoms with E-state index >= 15 is 0 Å². The molecule has 2 aromatic carbocycles. The highest BCUT2D eigenvalue weighted by molar-refractivity contribution is 5.33. The van der Waals surface area contributed by atoms with Gasteiger partial charge in [0.15, 0.2) is 0 Å². The minimum atomic E-state index is -0.662. The van der Waals surface area contributed by atoms with E-state index in [2.05, 4.69) is 0 Å². The van der Waals surface area contributed by atoms with Gasteiger partial charge < -0.3 is 10.5 Å². The second kappa shape index (κ2) is 5.60. The highest BCUT2D eigenvalue weighted by atomic mass is 19.1. The summed E-state index contributed by atoms with van der Waals surface area (Å²) in [5, 5.41) is 0. The molecule has 0 spiro atoms. The van der Waals surface area contributed by atoms with Crippen molar-refractivity contribution >= 4 is 0 Å². The number of benzene rings is 2. The van der Waals surface area contributed by atoms with Gasteiger partial charge in [-0.05, 0) is 30.7 Å². The van der Waals surface area contributed by atoms with Gasteiger partial charge in [0.1, 0.15) is 23.1 Å². The Morgan fingerprint density at radius 1 is 0.889 bits per heavy atom. The van der Waals surface area contributed by atoms with Crippen LogP contribution in [0.15, 0.2) is 42.5 Å². The van der Waals surface area contributed by atoms with E-state index in [0.29, 0.717) is 12.3 Å². The van der Waals surface area contributed by atoms with Crippen molar-refractivity contribution in [3.05, 3.63) is 59.7 Å². The first-order valence-electron chi connectivity index (χ1n) is 5.60. The molecule has 94 valence electrons. The van der Waals surface area contributed by atoms with E-state index in [0.717, 1.165) is 30.2 Å². The maximum atomic E-state index is 13.0. The molecule has 4 heteroatoms. The van der Waals surface area contributed by atoms with E-state index in [1.165, 1.54) is 0 Å². The largest absolute Gasteiger partial charge is 0.457 e. The molecule has 2 aromatic rings. The molecule has 2 N–H and O–H groups in total. The van der Waals surface area contributed by atoms with Gasteiger partial charge in [0.25, 0.3) is 0 Å². The molecule has 0 unspecified atom stereocenters. The van der Waals surface area contributed by atoms with E-state index in [4.69, 9.17) is 10.5 Å². The Labute approximate surface area is 104 Å². The maximum absolute atomic E-state index is 13.0. The van der Waals surface area contributed by atoms with Gasteiger partial charge in [-0.2, -0.15) is 0 Å². The smallest absolute Gasteiger partial charge is 0.133 e. The lowest BCUT2D eigenvalue weighted by atomic mass is 10.1. The molecular formula is C14H13F2NO. The number of ether oxygens (including phenoxy) is 1. The molecule has 0 bridgehead atoms. The van der Waals surface area contributed by atoms with Crippen LogP contribution in [-0.2, 0) is 6.42 Å². The third-order valence-corrected chi connectivity index (χ3v) is 2.43. The van der Waals surface area contributed by atoms with Crippen molar-refractivity contribution in [1.29, 1.82) is 0 Å². The van der Waals surface area contributed by atoms with Crippen LogP contribution in [0.25, 0.3) is 0 Å². The van der Waals surface area contributed by atoms with Gasteiger partial charge in [-0.15, -0.1) is 0 Å². The van der Waals surface area contributed by atoms with Crippen LogP contribution in [0.4, 0.5) is 8.78 Å². The molecule has 0 heterocycles. The van der Waals surface area contributed by atoms with E-state index in [9.17, 15) is 8.78 Å².